The fraction of sp³-hybridized carbons (Fsp3) is 0.667. The van der Waals surface area contributed by atoms with Crippen molar-refractivity contribution in [2.75, 3.05) is 19.7 Å². The minimum atomic E-state index is 0.155. The molecule has 17 heavy (non-hydrogen) atoms. The Labute approximate surface area is 101 Å². The van der Waals surface area contributed by atoms with Crippen molar-refractivity contribution in [3.8, 4) is 0 Å². The summed E-state index contributed by atoms with van der Waals surface area (Å²) in [5.74, 6) is 0.440. The molecule has 1 saturated heterocycles. The minimum Gasteiger partial charge on any atom is -0.396 e. The first kappa shape index (κ1) is 12.1. The molecule has 0 unspecified atom stereocenters. The molecular weight excluding hydrogens is 218 g/mol. The highest BCUT2D eigenvalue weighted by atomic mass is 16.3. The summed E-state index contributed by atoms with van der Waals surface area (Å²) < 4.78 is 1.87. The molecule has 0 aromatic carbocycles. The van der Waals surface area contributed by atoms with E-state index in [1.165, 1.54) is 0 Å². The Hall–Kier alpha value is -1.36. The minimum absolute atomic E-state index is 0.155. The zero-order valence-electron chi connectivity index (χ0n) is 10.4. The second kappa shape index (κ2) is 4.87. The first-order valence-electron chi connectivity index (χ1n) is 6.00. The van der Waals surface area contributed by atoms with E-state index in [1.807, 2.05) is 24.6 Å². The number of aryl methyl sites for hydroxylation is 3. The van der Waals surface area contributed by atoms with Crippen molar-refractivity contribution in [1.29, 1.82) is 0 Å². The van der Waals surface area contributed by atoms with E-state index in [0.29, 0.717) is 26.1 Å². The summed E-state index contributed by atoms with van der Waals surface area (Å²) in [7, 11) is 0. The average Bonchev–Trinajstić information content (AvgIpc) is 2.53. The van der Waals surface area contributed by atoms with E-state index in [4.69, 9.17) is 5.11 Å². The van der Waals surface area contributed by atoms with Crippen molar-refractivity contribution in [3.63, 3.8) is 0 Å². The van der Waals surface area contributed by atoms with Crippen LogP contribution in [0.1, 0.15) is 17.8 Å². The summed E-state index contributed by atoms with van der Waals surface area (Å²) in [5, 5.41) is 13.2. The van der Waals surface area contributed by atoms with Crippen LogP contribution in [0.2, 0.25) is 0 Å². The van der Waals surface area contributed by atoms with Crippen LogP contribution in [0.25, 0.3) is 0 Å². The van der Waals surface area contributed by atoms with Crippen LogP contribution in [0.5, 0.6) is 0 Å². The molecule has 2 rings (SSSR count). The maximum Gasteiger partial charge on any atom is 0.224 e. The third-order valence-corrected chi connectivity index (χ3v) is 3.21. The smallest absolute Gasteiger partial charge is 0.224 e. The van der Waals surface area contributed by atoms with Crippen LogP contribution in [-0.2, 0) is 11.3 Å². The van der Waals surface area contributed by atoms with Gasteiger partial charge in [-0.2, -0.15) is 5.10 Å². The Morgan fingerprint density at radius 1 is 1.53 bits per heavy atom. The maximum absolute atomic E-state index is 11.8. The molecular formula is C12H19N3O2. The van der Waals surface area contributed by atoms with Gasteiger partial charge in [-0.15, -0.1) is 0 Å². The zero-order chi connectivity index (χ0) is 12.4. The SMILES string of the molecule is Cc1cc(C)n(CCC(=O)N2CC(CO)C2)n1. The Kier molecular flexibility index (Phi) is 3.47. The number of aliphatic hydroxyl groups excluding tert-OH is 1. The molecule has 5 heteroatoms. The zero-order valence-corrected chi connectivity index (χ0v) is 10.4. The van der Waals surface area contributed by atoms with Crippen LogP contribution in [0, 0.1) is 19.8 Å². The van der Waals surface area contributed by atoms with Gasteiger partial charge in [-0.25, -0.2) is 0 Å². The molecule has 0 spiro atoms. The van der Waals surface area contributed by atoms with Gasteiger partial charge >= 0.3 is 0 Å². The van der Waals surface area contributed by atoms with Crippen molar-refractivity contribution in [1.82, 2.24) is 14.7 Å². The van der Waals surface area contributed by atoms with E-state index in [1.54, 1.807) is 4.90 Å². The van der Waals surface area contributed by atoms with E-state index < -0.39 is 0 Å². The number of hydrogen-bond acceptors (Lipinski definition) is 3. The number of hydrogen-bond donors (Lipinski definition) is 1. The lowest BCUT2D eigenvalue weighted by Gasteiger charge is -2.38. The van der Waals surface area contributed by atoms with E-state index in [2.05, 4.69) is 5.10 Å². The Morgan fingerprint density at radius 2 is 2.24 bits per heavy atom. The largest absolute Gasteiger partial charge is 0.396 e. The van der Waals surface area contributed by atoms with Crippen molar-refractivity contribution >= 4 is 5.91 Å². The lowest BCUT2D eigenvalue weighted by atomic mass is 10.0. The highest BCUT2D eigenvalue weighted by Gasteiger charge is 2.29. The Balaban J connectivity index is 1.79. The molecule has 1 aliphatic heterocycles. The molecule has 0 atom stereocenters. The number of likely N-dealkylation sites (tertiary alicyclic amines) is 1. The molecule has 1 aromatic heterocycles. The van der Waals surface area contributed by atoms with E-state index in [-0.39, 0.29) is 18.4 Å². The third-order valence-electron chi connectivity index (χ3n) is 3.21. The second-order valence-corrected chi connectivity index (χ2v) is 4.75. The van der Waals surface area contributed by atoms with Gasteiger partial charge in [0.05, 0.1) is 5.69 Å². The third kappa shape index (κ3) is 2.66. The molecule has 0 bridgehead atoms. The van der Waals surface area contributed by atoms with Crippen molar-refractivity contribution in [2.45, 2.75) is 26.8 Å². The lowest BCUT2D eigenvalue weighted by Crippen LogP contribution is -2.51. The van der Waals surface area contributed by atoms with E-state index in [0.717, 1.165) is 11.4 Å². The molecule has 2 heterocycles. The summed E-state index contributed by atoms with van der Waals surface area (Å²) in [6, 6.07) is 2.01. The molecule has 1 fully saturated rings. The summed E-state index contributed by atoms with van der Waals surface area (Å²) in [4.78, 5) is 13.6. The number of carbonyl (C=O) groups excluding carboxylic acids is 1. The first-order chi connectivity index (χ1) is 8.10. The standard InChI is InChI=1S/C12H19N3O2/c1-9-5-10(2)15(13-9)4-3-12(17)14-6-11(7-14)8-16/h5,11,16H,3-4,6-8H2,1-2H3. The van der Waals surface area contributed by atoms with Crippen LogP contribution in [0.4, 0.5) is 0 Å². The number of carbonyl (C=O) groups is 1. The number of aromatic nitrogens is 2. The van der Waals surface area contributed by atoms with Gasteiger partial charge in [0.2, 0.25) is 5.91 Å². The number of nitrogens with zero attached hydrogens (tertiary/aromatic N) is 3. The van der Waals surface area contributed by atoms with Crippen molar-refractivity contribution in [2.24, 2.45) is 5.92 Å². The summed E-state index contributed by atoms with van der Waals surface area (Å²) in [6.45, 7) is 6.17. The quantitative estimate of drug-likeness (QED) is 0.821. The van der Waals surface area contributed by atoms with Gasteiger partial charge in [0.25, 0.3) is 0 Å². The van der Waals surface area contributed by atoms with Gasteiger partial charge in [-0.1, -0.05) is 0 Å². The van der Waals surface area contributed by atoms with Gasteiger partial charge < -0.3 is 10.0 Å². The average molecular weight is 237 g/mol. The van der Waals surface area contributed by atoms with Gasteiger partial charge in [0, 0.05) is 44.3 Å². The molecule has 1 amide bonds. The van der Waals surface area contributed by atoms with Gasteiger partial charge in [0.1, 0.15) is 0 Å². The van der Waals surface area contributed by atoms with Gasteiger partial charge in [-0.05, 0) is 19.9 Å². The predicted molar refractivity (Wildman–Crippen MR) is 63.5 cm³/mol. The number of aliphatic hydroxyl groups is 1. The summed E-state index contributed by atoms with van der Waals surface area (Å²) in [6.07, 6.45) is 0.486. The first-order valence-corrected chi connectivity index (χ1v) is 6.00. The van der Waals surface area contributed by atoms with Crippen molar-refractivity contribution in [3.05, 3.63) is 17.5 Å². The molecule has 0 radical (unpaired) electrons. The molecule has 94 valence electrons. The topological polar surface area (TPSA) is 58.4 Å². The molecule has 1 N–H and O–H groups in total. The lowest BCUT2D eigenvalue weighted by molar-refractivity contribution is -0.138. The van der Waals surface area contributed by atoms with E-state index >= 15 is 0 Å². The fourth-order valence-corrected chi connectivity index (χ4v) is 2.15. The normalized spacial score (nSPS) is 16.1. The van der Waals surface area contributed by atoms with Crippen LogP contribution in [-0.4, -0.2) is 45.4 Å². The van der Waals surface area contributed by atoms with Crippen LogP contribution >= 0.6 is 0 Å². The summed E-state index contributed by atoms with van der Waals surface area (Å²) >= 11 is 0. The molecule has 1 aliphatic rings. The van der Waals surface area contributed by atoms with Gasteiger partial charge in [0.15, 0.2) is 0 Å². The van der Waals surface area contributed by atoms with Crippen molar-refractivity contribution < 1.29 is 9.90 Å². The van der Waals surface area contributed by atoms with Crippen LogP contribution in [0.3, 0.4) is 0 Å². The predicted octanol–water partition coefficient (Wildman–Crippen LogP) is 0.341. The monoisotopic (exact) mass is 237 g/mol. The molecule has 5 nitrogen and oxygen atoms in total. The molecule has 0 aliphatic carbocycles. The number of amides is 1. The van der Waals surface area contributed by atoms with Crippen LogP contribution < -0.4 is 0 Å². The van der Waals surface area contributed by atoms with E-state index in [9.17, 15) is 4.79 Å². The highest BCUT2D eigenvalue weighted by Crippen LogP contribution is 2.16. The molecule has 1 aromatic rings. The Bertz CT molecular complexity index is 408. The maximum atomic E-state index is 11.8. The Morgan fingerprint density at radius 3 is 2.76 bits per heavy atom. The van der Waals surface area contributed by atoms with Crippen LogP contribution in [0.15, 0.2) is 6.07 Å². The fourth-order valence-electron chi connectivity index (χ4n) is 2.15. The number of rotatable bonds is 4. The summed E-state index contributed by atoms with van der Waals surface area (Å²) in [5.41, 5.74) is 2.08. The molecule has 0 saturated carbocycles. The van der Waals surface area contributed by atoms with Gasteiger partial charge in [-0.3, -0.25) is 9.48 Å². The second-order valence-electron chi connectivity index (χ2n) is 4.75. The highest BCUT2D eigenvalue weighted by molar-refractivity contribution is 5.76.